The lowest BCUT2D eigenvalue weighted by Crippen LogP contribution is -2.33. The quantitative estimate of drug-likeness (QED) is 0.810. The Balaban J connectivity index is 2.35. The maximum absolute atomic E-state index is 11.9. The molecule has 0 saturated carbocycles. The molecule has 18 heavy (non-hydrogen) atoms. The summed E-state index contributed by atoms with van der Waals surface area (Å²) >= 11 is 13.2. The zero-order valence-electron chi connectivity index (χ0n) is 9.61. The van der Waals surface area contributed by atoms with Gasteiger partial charge in [0.25, 0.3) is 5.91 Å². The molecule has 1 heterocycles. The smallest absolute Gasteiger partial charge is 0.260 e. The van der Waals surface area contributed by atoms with Gasteiger partial charge in [-0.05, 0) is 23.8 Å². The Morgan fingerprint density at radius 3 is 2.61 bits per heavy atom. The van der Waals surface area contributed by atoms with Crippen molar-refractivity contribution in [2.75, 3.05) is 19.3 Å². The fraction of sp³-hybridized carbons (Fsp3) is 0.250. The highest BCUT2D eigenvalue weighted by Crippen LogP contribution is 2.34. The van der Waals surface area contributed by atoms with Gasteiger partial charge in [-0.1, -0.05) is 23.2 Å². The molecule has 0 aromatic heterocycles. The monoisotopic (exact) mass is 303 g/mol. The Morgan fingerprint density at radius 2 is 2.00 bits per heavy atom. The van der Waals surface area contributed by atoms with E-state index in [1.54, 1.807) is 30.2 Å². The summed E-state index contributed by atoms with van der Waals surface area (Å²) in [6.07, 6.45) is 1.74. The third-order valence-corrected chi connectivity index (χ3v) is 4.15. The number of nitrogens with zero attached hydrogens (tertiary/aromatic N) is 1. The van der Waals surface area contributed by atoms with E-state index in [1.165, 1.54) is 11.8 Å². The number of benzene rings is 1. The van der Waals surface area contributed by atoms with Crippen LogP contribution in [0.5, 0.6) is 5.75 Å². The van der Waals surface area contributed by atoms with Crippen LogP contribution in [0, 0.1) is 0 Å². The lowest BCUT2D eigenvalue weighted by Gasteiger charge is -2.23. The molecule has 1 aromatic carbocycles. The molecule has 0 aliphatic carbocycles. The number of likely N-dealkylation sites (N-methyl/N-ethyl adjacent to an activating group) is 1. The Labute approximate surface area is 119 Å². The molecule has 0 atom stereocenters. The second kappa shape index (κ2) is 5.43. The predicted molar refractivity (Wildman–Crippen MR) is 76.2 cm³/mol. The maximum Gasteiger partial charge on any atom is 0.260 e. The summed E-state index contributed by atoms with van der Waals surface area (Å²) in [6, 6.07) is 3.16. The first-order chi connectivity index (χ1) is 8.49. The molecule has 3 nitrogen and oxygen atoms in total. The molecule has 1 aliphatic heterocycles. The molecular weight excluding hydrogens is 293 g/mol. The fourth-order valence-corrected chi connectivity index (χ4v) is 3.15. The van der Waals surface area contributed by atoms with E-state index in [2.05, 4.69) is 0 Å². The molecule has 2 rings (SSSR count). The van der Waals surface area contributed by atoms with E-state index in [4.69, 9.17) is 23.2 Å². The molecule has 6 heteroatoms. The molecule has 0 radical (unpaired) electrons. The van der Waals surface area contributed by atoms with Crippen LogP contribution < -0.4 is 0 Å². The van der Waals surface area contributed by atoms with Gasteiger partial charge in [0.2, 0.25) is 0 Å². The van der Waals surface area contributed by atoms with Gasteiger partial charge in [-0.25, -0.2) is 0 Å². The molecular formula is C12H11Cl2NO2S. The number of hydrogen-bond donors (Lipinski definition) is 1. The van der Waals surface area contributed by atoms with Crippen LogP contribution in [0.2, 0.25) is 10.0 Å². The van der Waals surface area contributed by atoms with Crippen LogP contribution in [0.4, 0.5) is 0 Å². The van der Waals surface area contributed by atoms with E-state index < -0.39 is 0 Å². The second-order valence-electron chi connectivity index (χ2n) is 3.92. The Morgan fingerprint density at radius 1 is 1.39 bits per heavy atom. The molecule has 0 spiro atoms. The number of halogens is 2. The van der Waals surface area contributed by atoms with Crippen LogP contribution >= 0.6 is 35.0 Å². The third-order valence-electron chi connectivity index (χ3n) is 2.58. The van der Waals surface area contributed by atoms with Crippen molar-refractivity contribution in [3.8, 4) is 5.75 Å². The van der Waals surface area contributed by atoms with Crippen molar-refractivity contribution in [3.63, 3.8) is 0 Å². The summed E-state index contributed by atoms with van der Waals surface area (Å²) in [4.78, 5) is 14.2. The largest absolute Gasteiger partial charge is 0.505 e. The standard InChI is InChI=1S/C12H11Cl2NO2S/c1-15-2-3-18-10(12(15)17)6-7-4-8(13)11(16)9(14)5-7/h4-6,16H,2-3H2,1H3. The molecule has 1 aliphatic rings. The Hall–Kier alpha value is -0.840. The molecule has 0 unspecified atom stereocenters. The molecule has 1 fully saturated rings. The van der Waals surface area contributed by atoms with Crippen molar-refractivity contribution in [2.45, 2.75) is 0 Å². The number of carbonyl (C=O) groups is 1. The molecule has 1 saturated heterocycles. The van der Waals surface area contributed by atoms with Crippen LogP contribution in [-0.2, 0) is 4.79 Å². The number of carbonyl (C=O) groups excluding carboxylic acids is 1. The van der Waals surface area contributed by atoms with Crippen molar-refractivity contribution >= 4 is 46.9 Å². The van der Waals surface area contributed by atoms with Crippen molar-refractivity contribution < 1.29 is 9.90 Å². The average molecular weight is 304 g/mol. The normalized spacial score (nSPS) is 18.5. The highest BCUT2D eigenvalue weighted by molar-refractivity contribution is 8.04. The first kappa shape index (κ1) is 13.6. The second-order valence-corrected chi connectivity index (χ2v) is 5.87. The summed E-state index contributed by atoms with van der Waals surface area (Å²) in [5.74, 6) is 0.722. The minimum absolute atomic E-state index is 0.00781. The van der Waals surface area contributed by atoms with E-state index in [0.717, 1.165) is 12.3 Å². The van der Waals surface area contributed by atoms with Crippen LogP contribution in [0.1, 0.15) is 5.56 Å². The van der Waals surface area contributed by atoms with Crippen LogP contribution in [0.25, 0.3) is 6.08 Å². The topological polar surface area (TPSA) is 40.5 Å². The lowest BCUT2D eigenvalue weighted by atomic mass is 10.2. The summed E-state index contributed by atoms with van der Waals surface area (Å²) in [7, 11) is 1.77. The van der Waals surface area contributed by atoms with Gasteiger partial charge in [0.05, 0.1) is 15.0 Å². The number of phenols is 1. The Kier molecular flexibility index (Phi) is 4.10. The molecule has 96 valence electrons. The van der Waals surface area contributed by atoms with Gasteiger partial charge in [-0.2, -0.15) is 0 Å². The van der Waals surface area contributed by atoms with Gasteiger partial charge in [-0.3, -0.25) is 4.79 Å². The molecule has 1 amide bonds. The third kappa shape index (κ3) is 2.76. The van der Waals surface area contributed by atoms with Crippen molar-refractivity contribution in [2.24, 2.45) is 0 Å². The van der Waals surface area contributed by atoms with E-state index in [-0.39, 0.29) is 21.7 Å². The van der Waals surface area contributed by atoms with Gasteiger partial charge >= 0.3 is 0 Å². The molecule has 0 bridgehead atoms. The fourth-order valence-electron chi connectivity index (χ4n) is 1.57. The van der Waals surface area contributed by atoms with Crippen LogP contribution in [0.3, 0.4) is 0 Å². The number of thioether (sulfide) groups is 1. The number of phenolic OH excluding ortho intramolecular Hbond substituents is 1. The number of amides is 1. The highest BCUT2D eigenvalue weighted by Gasteiger charge is 2.20. The van der Waals surface area contributed by atoms with E-state index in [0.29, 0.717) is 10.5 Å². The summed E-state index contributed by atoms with van der Waals surface area (Å²) < 4.78 is 0. The zero-order valence-corrected chi connectivity index (χ0v) is 11.9. The zero-order chi connectivity index (χ0) is 13.3. The Bertz CT molecular complexity index is 508. The summed E-state index contributed by atoms with van der Waals surface area (Å²) in [5.41, 5.74) is 0.703. The van der Waals surface area contributed by atoms with Gasteiger partial charge in [-0.15, -0.1) is 11.8 Å². The van der Waals surface area contributed by atoms with Crippen LogP contribution in [0.15, 0.2) is 17.0 Å². The highest BCUT2D eigenvalue weighted by atomic mass is 35.5. The average Bonchev–Trinajstić information content (AvgIpc) is 2.32. The van der Waals surface area contributed by atoms with E-state index in [9.17, 15) is 9.90 Å². The summed E-state index contributed by atoms with van der Waals surface area (Å²) in [6.45, 7) is 0.748. The van der Waals surface area contributed by atoms with Crippen LogP contribution in [-0.4, -0.2) is 35.3 Å². The lowest BCUT2D eigenvalue weighted by molar-refractivity contribution is -0.125. The molecule has 1 aromatic rings. The number of hydrogen-bond acceptors (Lipinski definition) is 3. The van der Waals surface area contributed by atoms with Gasteiger partial charge < -0.3 is 10.0 Å². The van der Waals surface area contributed by atoms with Crippen molar-refractivity contribution in [1.29, 1.82) is 0 Å². The minimum Gasteiger partial charge on any atom is -0.505 e. The van der Waals surface area contributed by atoms with Crippen molar-refractivity contribution in [1.82, 2.24) is 4.90 Å². The SMILES string of the molecule is CN1CCSC(=Cc2cc(Cl)c(O)c(Cl)c2)C1=O. The first-order valence-electron chi connectivity index (χ1n) is 5.27. The molecule has 1 N–H and O–H groups in total. The predicted octanol–water partition coefficient (Wildman–Crippen LogP) is 3.25. The van der Waals surface area contributed by atoms with Gasteiger partial charge in [0.1, 0.15) is 0 Å². The summed E-state index contributed by atoms with van der Waals surface area (Å²) in [5, 5.41) is 9.82. The van der Waals surface area contributed by atoms with Gasteiger partial charge in [0, 0.05) is 19.3 Å². The maximum atomic E-state index is 11.9. The minimum atomic E-state index is -0.139. The number of aromatic hydroxyl groups is 1. The van der Waals surface area contributed by atoms with Gasteiger partial charge in [0.15, 0.2) is 5.75 Å². The number of rotatable bonds is 1. The van der Waals surface area contributed by atoms with Crippen molar-refractivity contribution in [3.05, 3.63) is 32.6 Å². The first-order valence-corrected chi connectivity index (χ1v) is 7.01. The van der Waals surface area contributed by atoms with E-state index in [1.807, 2.05) is 0 Å². The van der Waals surface area contributed by atoms with E-state index >= 15 is 0 Å².